The van der Waals surface area contributed by atoms with E-state index in [1.54, 1.807) is 24.3 Å². The minimum atomic E-state index is -3.75. The summed E-state index contributed by atoms with van der Waals surface area (Å²) in [6.45, 7) is 4.12. The molecule has 0 unspecified atom stereocenters. The van der Waals surface area contributed by atoms with Gasteiger partial charge in [-0.2, -0.15) is 0 Å². The number of fused-ring (bicyclic) bond motifs is 1. The fourth-order valence-electron chi connectivity index (χ4n) is 3.14. The largest absolute Gasteiger partial charge is 0.465 e. The number of halogens is 1. The zero-order valence-corrected chi connectivity index (χ0v) is 16.2. The minimum Gasteiger partial charge on any atom is -0.465 e. The van der Waals surface area contributed by atoms with Gasteiger partial charge in [-0.15, -0.1) is 0 Å². The van der Waals surface area contributed by atoms with Crippen molar-refractivity contribution in [2.45, 2.75) is 25.2 Å². The zero-order valence-electron chi connectivity index (χ0n) is 14.6. The van der Waals surface area contributed by atoms with Gasteiger partial charge in [-0.3, -0.25) is 4.99 Å². The van der Waals surface area contributed by atoms with E-state index in [4.69, 9.17) is 20.4 Å². The van der Waals surface area contributed by atoms with Crippen LogP contribution in [0.3, 0.4) is 0 Å². The molecule has 0 spiro atoms. The summed E-state index contributed by atoms with van der Waals surface area (Å²) in [7, 11) is 2.98. The number of methoxy groups -OCH3 is 1. The molecule has 2 aromatic rings. The van der Waals surface area contributed by atoms with Gasteiger partial charge in [0.2, 0.25) is 0 Å². The standard InChI is InChI=1S/C19H18ClNO4S/c1-19(2)11-14-10-13(18(22)25-3)6-9-16(14)21-17(19)12-4-7-15(8-5-12)26(20,23)24/h4-10H,11H2,1-3H3. The van der Waals surface area contributed by atoms with Crippen LogP contribution in [0.2, 0.25) is 0 Å². The van der Waals surface area contributed by atoms with Crippen LogP contribution in [0.4, 0.5) is 5.69 Å². The topological polar surface area (TPSA) is 72.8 Å². The maximum atomic E-state index is 11.7. The highest BCUT2D eigenvalue weighted by atomic mass is 35.7. The molecule has 2 aromatic carbocycles. The number of hydrogen-bond donors (Lipinski definition) is 0. The van der Waals surface area contributed by atoms with Crippen molar-refractivity contribution in [3.63, 3.8) is 0 Å². The first kappa shape index (κ1) is 18.6. The van der Waals surface area contributed by atoms with E-state index in [1.165, 1.54) is 19.2 Å². The molecular weight excluding hydrogens is 374 g/mol. The smallest absolute Gasteiger partial charge is 0.337 e. The quantitative estimate of drug-likeness (QED) is 0.583. The highest BCUT2D eigenvalue weighted by Crippen LogP contribution is 2.38. The van der Waals surface area contributed by atoms with Crippen LogP contribution < -0.4 is 0 Å². The van der Waals surface area contributed by atoms with Crippen molar-refractivity contribution in [1.29, 1.82) is 0 Å². The fraction of sp³-hybridized carbons (Fsp3) is 0.263. The van der Waals surface area contributed by atoms with Crippen LogP contribution in [0, 0.1) is 5.41 Å². The van der Waals surface area contributed by atoms with E-state index in [9.17, 15) is 13.2 Å². The second kappa shape index (κ2) is 6.52. The fourth-order valence-corrected chi connectivity index (χ4v) is 3.91. The van der Waals surface area contributed by atoms with Crippen LogP contribution in [0.25, 0.3) is 0 Å². The molecule has 136 valence electrons. The number of nitrogens with zero attached hydrogens (tertiary/aromatic N) is 1. The van der Waals surface area contributed by atoms with Crippen molar-refractivity contribution < 1.29 is 17.9 Å². The first-order chi connectivity index (χ1) is 12.1. The van der Waals surface area contributed by atoms with Gasteiger partial charge < -0.3 is 4.74 Å². The number of rotatable bonds is 3. The predicted molar refractivity (Wildman–Crippen MR) is 101 cm³/mol. The Morgan fingerprint density at radius 2 is 1.81 bits per heavy atom. The van der Waals surface area contributed by atoms with E-state index in [0.29, 0.717) is 12.0 Å². The molecular formula is C19H18ClNO4S. The molecule has 0 saturated heterocycles. The molecule has 0 amide bonds. The van der Waals surface area contributed by atoms with Gasteiger partial charge in [-0.1, -0.05) is 26.0 Å². The molecule has 0 aliphatic carbocycles. The minimum absolute atomic E-state index is 0.0558. The Kier molecular flexibility index (Phi) is 4.67. The Balaban J connectivity index is 2.05. The first-order valence-electron chi connectivity index (χ1n) is 7.97. The molecule has 0 bridgehead atoms. The number of hydrogen-bond acceptors (Lipinski definition) is 5. The van der Waals surface area contributed by atoms with Gasteiger partial charge in [0.15, 0.2) is 0 Å². The SMILES string of the molecule is COC(=O)c1ccc2c(c1)CC(C)(C)C(c1ccc(S(=O)(=O)Cl)cc1)=N2. The molecule has 0 atom stereocenters. The second-order valence-electron chi connectivity index (χ2n) is 6.82. The molecule has 3 rings (SSSR count). The highest BCUT2D eigenvalue weighted by molar-refractivity contribution is 8.13. The summed E-state index contributed by atoms with van der Waals surface area (Å²) in [5.74, 6) is -0.377. The summed E-state index contributed by atoms with van der Waals surface area (Å²) in [6, 6.07) is 11.7. The average Bonchev–Trinajstić information content (AvgIpc) is 2.58. The van der Waals surface area contributed by atoms with Crippen molar-refractivity contribution >= 4 is 37.1 Å². The van der Waals surface area contributed by atoms with Gasteiger partial charge in [0, 0.05) is 16.1 Å². The lowest BCUT2D eigenvalue weighted by Gasteiger charge is -2.32. The number of esters is 1. The van der Waals surface area contributed by atoms with Crippen molar-refractivity contribution in [2.24, 2.45) is 10.4 Å². The summed E-state index contributed by atoms with van der Waals surface area (Å²) in [5, 5.41) is 0. The molecule has 26 heavy (non-hydrogen) atoms. The second-order valence-corrected chi connectivity index (χ2v) is 9.38. The predicted octanol–water partition coefficient (Wildman–Crippen LogP) is 4.10. The molecule has 0 aromatic heterocycles. The Bertz CT molecular complexity index is 1010. The van der Waals surface area contributed by atoms with Crippen LogP contribution >= 0.6 is 10.7 Å². The lowest BCUT2D eigenvalue weighted by atomic mass is 9.76. The molecule has 7 heteroatoms. The molecule has 0 fully saturated rings. The summed E-state index contributed by atoms with van der Waals surface area (Å²) >= 11 is 0. The van der Waals surface area contributed by atoms with Gasteiger partial charge in [0.05, 0.1) is 29.0 Å². The third-order valence-corrected chi connectivity index (χ3v) is 5.79. The molecule has 5 nitrogen and oxygen atoms in total. The average molecular weight is 392 g/mol. The third kappa shape index (κ3) is 3.52. The number of ether oxygens (including phenoxy) is 1. The first-order valence-corrected chi connectivity index (χ1v) is 10.3. The number of carbonyl (C=O) groups is 1. The molecule has 0 radical (unpaired) electrons. The van der Waals surface area contributed by atoms with Gasteiger partial charge in [0.25, 0.3) is 9.05 Å². The lowest BCUT2D eigenvalue weighted by molar-refractivity contribution is 0.0600. The van der Waals surface area contributed by atoms with Crippen LogP contribution in [-0.4, -0.2) is 27.2 Å². The van der Waals surface area contributed by atoms with Gasteiger partial charge >= 0.3 is 5.97 Å². The van der Waals surface area contributed by atoms with Crippen molar-refractivity contribution in [3.05, 3.63) is 59.2 Å². The Morgan fingerprint density at radius 1 is 1.15 bits per heavy atom. The molecule has 1 aliphatic rings. The van der Waals surface area contributed by atoms with Crippen LogP contribution in [0.5, 0.6) is 0 Å². The lowest BCUT2D eigenvalue weighted by Crippen LogP contribution is -2.30. The van der Waals surface area contributed by atoms with E-state index >= 15 is 0 Å². The number of aliphatic imine (C=N–C) groups is 1. The summed E-state index contributed by atoms with van der Waals surface area (Å²) in [4.78, 5) is 16.6. The van der Waals surface area contributed by atoms with Crippen molar-refractivity contribution in [3.8, 4) is 0 Å². The third-order valence-electron chi connectivity index (χ3n) is 4.42. The normalized spacial score (nSPS) is 15.8. The number of benzene rings is 2. The summed E-state index contributed by atoms with van der Waals surface area (Å²) in [6.07, 6.45) is 0.696. The van der Waals surface area contributed by atoms with Gasteiger partial charge in [-0.05, 0) is 47.9 Å². The zero-order chi connectivity index (χ0) is 19.1. The van der Waals surface area contributed by atoms with Gasteiger partial charge in [-0.25, -0.2) is 13.2 Å². The molecule has 1 aliphatic heterocycles. The maximum Gasteiger partial charge on any atom is 0.337 e. The van der Waals surface area contributed by atoms with Crippen molar-refractivity contribution in [1.82, 2.24) is 0 Å². The van der Waals surface area contributed by atoms with E-state index in [1.807, 2.05) is 6.07 Å². The summed E-state index contributed by atoms with van der Waals surface area (Å²) in [5.41, 5.74) is 3.67. The molecule has 0 saturated carbocycles. The monoisotopic (exact) mass is 391 g/mol. The maximum absolute atomic E-state index is 11.7. The molecule has 1 heterocycles. The van der Waals surface area contributed by atoms with Gasteiger partial charge in [0.1, 0.15) is 0 Å². The number of carbonyl (C=O) groups excluding carboxylic acids is 1. The Labute approximate surface area is 157 Å². The van der Waals surface area contributed by atoms with Crippen molar-refractivity contribution in [2.75, 3.05) is 7.11 Å². The van der Waals surface area contributed by atoms with E-state index in [-0.39, 0.29) is 16.3 Å². The van der Waals surface area contributed by atoms with Crippen LogP contribution in [0.1, 0.15) is 35.3 Å². The Hall–Kier alpha value is -2.18. The van der Waals surface area contributed by atoms with E-state index in [2.05, 4.69) is 13.8 Å². The van der Waals surface area contributed by atoms with E-state index < -0.39 is 9.05 Å². The van der Waals surface area contributed by atoms with Crippen LogP contribution in [0.15, 0.2) is 52.4 Å². The summed E-state index contributed by atoms with van der Waals surface area (Å²) < 4.78 is 27.6. The highest BCUT2D eigenvalue weighted by Gasteiger charge is 2.32. The van der Waals surface area contributed by atoms with Crippen LogP contribution in [-0.2, 0) is 20.2 Å². The van der Waals surface area contributed by atoms with E-state index in [0.717, 1.165) is 22.5 Å². The Morgan fingerprint density at radius 3 is 2.38 bits per heavy atom. The molecule has 0 N–H and O–H groups in total.